The van der Waals surface area contributed by atoms with Gasteiger partial charge in [0, 0.05) is 12.1 Å². The van der Waals surface area contributed by atoms with Gasteiger partial charge in [0.2, 0.25) is 0 Å². The van der Waals surface area contributed by atoms with Crippen LogP contribution in [0.4, 0.5) is 10.7 Å². The van der Waals surface area contributed by atoms with Gasteiger partial charge < -0.3 is 10.1 Å². The monoisotopic (exact) mass is 407 g/mol. The number of carbonyl (C=O) groups excluding carboxylic acids is 2. The molecule has 10 heteroatoms. The molecule has 0 bridgehead atoms. The van der Waals surface area contributed by atoms with Gasteiger partial charge in [0.25, 0.3) is 11.6 Å². The number of nitro groups is 1. The van der Waals surface area contributed by atoms with Crippen LogP contribution in [0.2, 0.25) is 5.02 Å². The Morgan fingerprint density at radius 2 is 2.07 bits per heavy atom. The largest absolute Gasteiger partial charge is 0.459 e. The number of amides is 1. The van der Waals surface area contributed by atoms with E-state index in [4.69, 9.17) is 16.3 Å². The van der Waals surface area contributed by atoms with Crippen molar-refractivity contribution in [1.29, 1.82) is 5.26 Å². The zero-order valence-corrected chi connectivity index (χ0v) is 16.1. The van der Waals surface area contributed by atoms with Gasteiger partial charge >= 0.3 is 5.97 Å². The second-order valence-electron chi connectivity index (χ2n) is 5.70. The third-order valence-corrected chi connectivity index (χ3v) is 4.94. The van der Waals surface area contributed by atoms with Crippen LogP contribution >= 0.6 is 22.9 Å². The van der Waals surface area contributed by atoms with Crippen LogP contribution < -0.4 is 5.32 Å². The quantitative estimate of drug-likeness (QED) is 0.447. The van der Waals surface area contributed by atoms with E-state index < -0.39 is 16.8 Å². The van der Waals surface area contributed by atoms with Gasteiger partial charge in [0.05, 0.1) is 27.2 Å². The van der Waals surface area contributed by atoms with Crippen molar-refractivity contribution in [3.63, 3.8) is 0 Å². The Hall–Kier alpha value is -2.96. The third kappa shape index (κ3) is 4.42. The molecule has 0 aliphatic heterocycles. The van der Waals surface area contributed by atoms with Gasteiger partial charge in [-0.15, -0.1) is 11.3 Å². The number of nitrogens with zero attached hydrogens (tertiary/aromatic N) is 2. The standard InChI is InChI=1S/C17H14ClN3O5S/c1-8(2)26-17(23)14-9(3)12(7-19)16(27-14)20-15(22)11-6-10(21(24)25)4-5-13(11)18/h4-6,8H,1-3H3,(H,20,22). The predicted molar refractivity (Wildman–Crippen MR) is 100 cm³/mol. The second-order valence-corrected chi connectivity index (χ2v) is 7.13. The van der Waals surface area contributed by atoms with Crippen LogP contribution in [-0.2, 0) is 4.74 Å². The first-order valence-corrected chi connectivity index (χ1v) is 8.84. The fraction of sp³-hybridized carbons (Fsp3) is 0.235. The van der Waals surface area contributed by atoms with E-state index in [0.29, 0.717) is 5.56 Å². The average molecular weight is 408 g/mol. The van der Waals surface area contributed by atoms with Crippen molar-refractivity contribution < 1.29 is 19.2 Å². The van der Waals surface area contributed by atoms with Crippen LogP contribution in [0.1, 0.15) is 45.0 Å². The van der Waals surface area contributed by atoms with Gasteiger partial charge in [0.1, 0.15) is 15.9 Å². The Morgan fingerprint density at radius 3 is 2.63 bits per heavy atom. The fourth-order valence-electron chi connectivity index (χ4n) is 2.17. The van der Waals surface area contributed by atoms with Crippen molar-refractivity contribution in [3.8, 4) is 6.07 Å². The maximum atomic E-state index is 12.5. The SMILES string of the molecule is Cc1c(C(=O)OC(C)C)sc(NC(=O)c2cc([N+](=O)[O-])ccc2Cl)c1C#N. The van der Waals surface area contributed by atoms with Gasteiger partial charge in [0.15, 0.2) is 0 Å². The van der Waals surface area contributed by atoms with E-state index in [-0.39, 0.29) is 37.8 Å². The highest BCUT2D eigenvalue weighted by Crippen LogP contribution is 2.34. The molecular formula is C17H14ClN3O5S. The zero-order chi connectivity index (χ0) is 20.3. The summed E-state index contributed by atoms with van der Waals surface area (Å²) in [6.45, 7) is 4.96. The molecule has 2 rings (SSSR count). The van der Waals surface area contributed by atoms with Gasteiger partial charge in [-0.05, 0) is 32.4 Å². The molecule has 0 saturated carbocycles. The summed E-state index contributed by atoms with van der Waals surface area (Å²) >= 11 is 6.85. The summed E-state index contributed by atoms with van der Waals surface area (Å²) in [4.78, 5) is 35.1. The lowest BCUT2D eigenvalue weighted by Gasteiger charge is -2.06. The summed E-state index contributed by atoms with van der Waals surface area (Å²) in [5.74, 6) is -1.33. The molecule has 0 spiro atoms. The first-order chi connectivity index (χ1) is 12.6. The molecule has 0 aliphatic rings. The number of ether oxygens (including phenoxy) is 1. The van der Waals surface area contributed by atoms with Gasteiger partial charge in [-0.2, -0.15) is 5.26 Å². The number of esters is 1. The molecular weight excluding hydrogens is 394 g/mol. The lowest BCUT2D eigenvalue weighted by Crippen LogP contribution is -2.12. The molecule has 0 radical (unpaired) electrons. The molecule has 1 amide bonds. The van der Waals surface area contributed by atoms with Crippen molar-refractivity contribution in [2.24, 2.45) is 0 Å². The lowest BCUT2D eigenvalue weighted by molar-refractivity contribution is -0.384. The minimum absolute atomic E-state index is 0.0179. The first-order valence-electron chi connectivity index (χ1n) is 7.65. The van der Waals surface area contributed by atoms with E-state index in [1.807, 2.05) is 6.07 Å². The summed E-state index contributed by atoms with van der Waals surface area (Å²) < 4.78 is 5.13. The minimum Gasteiger partial charge on any atom is -0.459 e. The number of hydrogen-bond donors (Lipinski definition) is 1. The number of nitriles is 1. The molecule has 0 unspecified atom stereocenters. The highest BCUT2D eigenvalue weighted by Gasteiger charge is 2.24. The van der Waals surface area contributed by atoms with Gasteiger partial charge in [-0.25, -0.2) is 4.79 Å². The van der Waals surface area contributed by atoms with Crippen molar-refractivity contribution in [1.82, 2.24) is 0 Å². The number of benzene rings is 1. The maximum Gasteiger partial charge on any atom is 0.348 e. The number of nitro benzene ring substituents is 1. The van der Waals surface area contributed by atoms with Crippen LogP contribution in [0.3, 0.4) is 0 Å². The molecule has 0 saturated heterocycles. The van der Waals surface area contributed by atoms with Gasteiger partial charge in [-0.3, -0.25) is 14.9 Å². The van der Waals surface area contributed by atoms with Crippen LogP contribution in [0.25, 0.3) is 0 Å². The number of anilines is 1. The molecule has 1 N–H and O–H groups in total. The van der Waals surface area contributed by atoms with Gasteiger partial charge in [-0.1, -0.05) is 11.6 Å². The number of carbonyl (C=O) groups is 2. The van der Waals surface area contributed by atoms with Crippen molar-refractivity contribution in [2.75, 3.05) is 5.32 Å². The number of hydrogen-bond acceptors (Lipinski definition) is 7. The maximum absolute atomic E-state index is 12.5. The van der Waals surface area contributed by atoms with E-state index in [1.54, 1.807) is 20.8 Å². The summed E-state index contributed by atoms with van der Waals surface area (Å²) in [6, 6.07) is 5.40. The fourth-order valence-corrected chi connectivity index (χ4v) is 3.41. The summed E-state index contributed by atoms with van der Waals surface area (Å²) in [5.41, 5.74) is 0.0833. The third-order valence-electron chi connectivity index (χ3n) is 3.42. The normalized spacial score (nSPS) is 10.4. The highest BCUT2D eigenvalue weighted by molar-refractivity contribution is 7.18. The molecule has 2 aromatic rings. The summed E-state index contributed by atoms with van der Waals surface area (Å²) in [6.07, 6.45) is -0.341. The number of non-ortho nitro benzene ring substituents is 1. The van der Waals surface area contributed by atoms with Crippen LogP contribution in [0, 0.1) is 28.4 Å². The minimum atomic E-state index is -0.731. The summed E-state index contributed by atoms with van der Waals surface area (Å²) in [7, 11) is 0. The predicted octanol–water partition coefficient (Wildman–Crippen LogP) is 4.31. The Kier molecular flexibility index (Phi) is 6.15. The average Bonchev–Trinajstić information content (AvgIpc) is 2.89. The van der Waals surface area contributed by atoms with Crippen LogP contribution in [-0.4, -0.2) is 22.9 Å². The smallest absolute Gasteiger partial charge is 0.348 e. The van der Waals surface area contributed by atoms with Crippen LogP contribution in [0.5, 0.6) is 0 Å². The number of nitrogens with one attached hydrogen (secondary N) is 1. The molecule has 0 aliphatic carbocycles. The molecule has 1 aromatic heterocycles. The van der Waals surface area contributed by atoms with E-state index >= 15 is 0 Å². The molecule has 140 valence electrons. The van der Waals surface area contributed by atoms with E-state index in [2.05, 4.69) is 5.32 Å². The molecule has 0 atom stereocenters. The van der Waals surface area contributed by atoms with Crippen LogP contribution in [0.15, 0.2) is 18.2 Å². The highest BCUT2D eigenvalue weighted by atomic mass is 35.5. The zero-order valence-electron chi connectivity index (χ0n) is 14.5. The van der Waals surface area contributed by atoms with Crippen molar-refractivity contribution in [3.05, 3.63) is 54.9 Å². The summed E-state index contributed by atoms with van der Waals surface area (Å²) in [5, 5.41) is 22.9. The van der Waals surface area contributed by atoms with E-state index in [9.17, 15) is 25.0 Å². The number of rotatable bonds is 5. The number of thiophene rings is 1. The molecule has 0 fully saturated rings. The van der Waals surface area contributed by atoms with Crippen molar-refractivity contribution >= 4 is 45.5 Å². The van der Waals surface area contributed by atoms with Crippen molar-refractivity contribution in [2.45, 2.75) is 26.9 Å². The van der Waals surface area contributed by atoms with E-state index in [1.165, 1.54) is 12.1 Å². The topological polar surface area (TPSA) is 122 Å². The Balaban J connectivity index is 2.39. The second kappa shape index (κ2) is 8.16. The molecule has 8 nitrogen and oxygen atoms in total. The molecule has 1 heterocycles. The molecule has 27 heavy (non-hydrogen) atoms. The Bertz CT molecular complexity index is 978. The number of halogens is 1. The Morgan fingerprint density at radius 1 is 1.41 bits per heavy atom. The Labute approximate surface area is 163 Å². The molecule has 1 aromatic carbocycles. The first kappa shape index (κ1) is 20.4. The lowest BCUT2D eigenvalue weighted by atomic mass is 10.1. The van der Waals surface area contributed by atoms with E-state index in [0.717, 1.165) is 17.4 Å².